The van der Waals surface area contributed by atoms with Crippen molar-refractivity contribution >= 4 is 29.6 Å². The molecule has 28 heavy (non-hydrogen) atoms. The van der Waals surface area contributed by atoms with Crippen LogP contribution in [0.5, 0.6) is 0 Å². The van der Waals surface area contributed by atoms with Gasteiger partial charge in [0.25, 0.3) is 17.7 Å². The van der Waals surface area contributed by atoms with Crippen LogP contribution in [0.25, 0.3) is 0 Å². The van der Waals surface area contributed by atoms with E-state index in [0.29, 0.717) is 25.9 Å². The van der Waals surface area contributed by atoms with Crippen molar-refractivity contribution in [3.8, 4) is 0 Å². The lowest BCUT2D eigenvalue weighted by molar-refractivity contribution is -0.155. The average molecular weight is 387 g/mol. The van der Waals surface area contributed by atoms with Crippen LogP contribution in [0.2, 0.25) is 0 Å². The number of benzene rings is 1. The molecule has 0 aromatic heterocycles. The zero-order valence-corrected chi connectivity index (χ0v) is 15.4. The summed E-state index contributed by atoms with van der Waals surface area (Å²) in [6.45, 7) is 1.61. The van der Waals surface area contributed by atoms with Crippen molar-refractivity contribution in [3.05, 3.63) is 35.4 Å². The van der Waals surface area contributed by atoms with E-state index in [1.807, 2.05) is 0 Å². The number of ether oxygens (including phenoxy) is 1. The van der Waals surface area contributed by atoms with E-state index in [2.05, 4.69) is 0 Å². The van der Waals surface area contributed by atoms with Crippen LogP contribution in [0.1, 0.15) is 40.5 Å². The van der Waals surface area contributed by atoms with Crippen LogP contribution in [0.3, 0.4) is 0 Å². The van der Waals surface area contributed by atoms with Crippen molar-refractivity contribution in [1.82, 2.24) is 9.80 Å². The van der Waals surface area contributed by atoms with Crippen molar-refractivity contribution in [3.63, 3.8) is 0 Å². The van der Waals surface area contributed by atoms with Crippen LogP contribution in [0.15, 0.2) is 24.3 Å². The van der Waals surface area contributed by atoms with Gasteiger partial charge in [0.05, 0.1) is 11.1 Å². The number of fused-ring (bicyclic) bond motifs is 1. The van der Waals surface area contributed by atoms with Crippen LogP contribution in [-0.2, 0) is 19.1 Å². The van der Waals surface area contributed by atoms with Gasteiger partial charge in [-0.1, -0.05) is 12.1 Å². The van der Waals surface area contributed by atoms with Crippen LogP contribution in [0, 0.1) is 5.92 Å². The van der Waals surface area contributed by atoms with E-state index in [1.165, 1.54) is 24.0 Å². The third-order valence-corrected chi connectivity index (χ3v) is 5.14. The second-order valence-corrected chi connectivity index (χ2v) is 6.87. The summed E-state index contributed by atoms with van der Waals surface area (Å²) >= 11 is 0. The van der Waals surface area contributed by atoms with E-state index in [4.69, 9.17) is 10.5 Å². The lowest BCUT2D eigenvalue weighted by atomic mass is 9.96. The molecule has 0 aliphatic carbocycles. The second kappa shape index (κ2) is 7.79. The third kappa shape index (κ3) is 3.60. The number of imide groups is 1. The number of piperidine rings is 1. The molecule has 2 heterocycles. The van der Waals surface area contributed by atoms with Gasteiger partial charge in [0.2, 0.25) is 5.91 Å². The average Bonchev–Trinajstić information content (AvgIpc) is 2.96. The molecule has 4 amide bonds. The Morgan fingerprint density at radius 2 is 1.64 bits per heavy atom. The number of nitrogens with zero attached hydrogens (tertiary/aromatic N) is 2. The molecular formula is C19H21N3O6. The topological polar surface area (TPSA) is 127 Å². The number of nitrogens with two attached hydrogens (primary N) is 1. The van der Waals surface area contributed by atoms with Gasteiger partial charge < -0.3 is 15.4 Å². The van der Waals surface area contributed by atoms with Gasteiger partial charge in [-0.3, -0.25) is 24.1 Å². The lowest BCUT2D eigenvalue weighted by Gasteiger charge is -2.30. The van der Waals surface area contributed by atoms with Crippen molar-refractivity contribution < 1.29 is 28.7 Å². The number of hydrogen-bond donors (Lipinski definition) is 1. The zero-order chi connectivity index (χ0) is 20.4. The Balaban J connectivity index is 1.54. The molecule has 1 aromatic carbocycles. The number of esters is 1. The number of amides is 4. The van der Waals surface area contributed by atoms with Gasteiger partial charge in [-0.05, 0) is 31.9 Å². The Bertz CT molecular complexity index is 809. The molecule has 0 bridgehead atoms. The zero-order valence-electron chi connectivity index (χ0n) is 15.4. The summed E-state index contributed by atoms with van der Waals surface area (Å²) in [5, 5.41) is 0. The number of carbonyl (C=O) groups is 5. The predicted octanol–water partition coefficient (Wildman–Crippen LogP) is -0.0618. The Hall–Kier alpha value is -3.23. The van der Waals surface area contributed by atoms with Crippen molar-refractivity contribution in [2.45, 2.75) is 25.8 Å². The van der Waals surface area contributed by atoms with Gasteiger partial charge in [0.15, 0.2) is 6.61 Å². The molecule has 0 unspecified atom stereocenters. The van der Waals surface area contributed by atoms with Gasteiger partial charge in [-0.15, -0.1) is 0 Å². The van der Waals surface area contributed by atoms with E-state index in [-0.39, 0.29) is 23.0 Å². The summed E-state index contributed by atoms with van der Waals surface area (Å²) in [6, 6.07) is 5.16. The van der Waals surface area contributed by atoms with Crippen LogP contribution < -0.4 is 5.73 Å². The number of rotatable bonds is 5. The van der Waals surface area contributed by atoms with Gasteiger partial charge in [-0.2, -0.15) is 0 Å². The highest BCUT2D eigenvalue weighted by molar-refractivity contribution is 6.22. The second-order valence-electron chi connectivity index (χ2n) is 6.87. The van der Waals surface area contributed by atoms with Crippen LogP contribution >= 0.6 is 0 Å². The van der Waals surface area contributed by atoms with Crippen LogP contribution in [-0.4, -0.2) is 65.1 Å². The fourth-order valence-corrected chi connectivity index (χ4v) is 3.42. The molecule has 2 aliphatic heterocycles. The first-order valence-electron chi connectivity index (χ1n) is 9.02. The van der Waals surface area contributed by atoms with E-state index >= 15 is 0 Å². The maximum Gasteiger partial charge on any atom is 0.329 e. The van der Waals surface area contributed by atoms with Crippen molar-refractivity contribution in [2.24, 2.45) is 11.7 Å². The molecule has 2 N–H and O–H groups in total. The monoisotopic (exact) mass is 387 g/mol. The first-order valence-corrected chi connectivity index (χ1v) is 9.02. The Kier molecular flexibility index (Phi) is 5.43. The normalized spacial score (nSPS) is 18.0. The smallest absolute Gasteiger partial charge is 0.329 e. The highest BCUT2D eigenvalue weighted by Gasteiger charge is 2.41. The maximum atomic E-state index is 12.4. The molecule has 1 saturated heterocycles. The molecule has 2 aliphatic rings. The maximum absolute atomic E-state index is 12.4. The van der Waals surface area contributed by atoms with E-state index in [9.17, 15) is 24.0 Å². The summed E-state index contributed by atoms with van der Waals surface area (Å²) in [6.07, 6.45) is 0.945. The molecule has 9 nitrogen and oxygen atoms in total. The molecular weight excluding hydrogens is 366 g/mol. The molecule has 148 valence electrons. The number of hydrogen-bond acceptors (Lipinski definition) is 6. The van der Waals surface area contributed by atoms with E-state index in [0.717, 1.165) is 4.90 Å². The predicted molar refractivity (Wildman–Crippen MR) is 95.9 cm³/mol. The van der Waals surface area contributed by atoms with Crippen LogP contribution in [0.4, 0.5) is 0 Å². The largest absolute Gasteiger partial charge is 0.454 e. The number of likely N-dealkylation sites (tertiary alicyclic amines) is 1. The highest BCUT2D eigenvalue weighted by atomic mass is 16.5. The molecule has 1 aromatic rings. The molecule has 9 heteroatoms. The fourth-order valence-electron chi connectivity index (χ4n) is 3.42. The Morgan fingerprint density at radius 3 is 2.14 bits per heavy atom. The van der Waals surface area contributed by atoms with E-state index < -0.39 is 36.3 Å². The Labute approximate surface area is 161 Å². The Morgan fingerprint density at radius 1 is 1.11 bits per heavy atom. The number of carbonyl (C=O) groups excluding carboxylic acids is 5. The van der Waals surface area contributed by atoms with Gasteiger partial charge in [0, 0.05) is 19.0 Å². The van der Waals surface area contributed by atoms with Crippen molar-refractivity contribution in [2.75, 3.05) is 19.7 Å². The summed E-state index contributed by atoms with van der Waals surface area (Å²) < 4.78 is 5.03. The van der Waals surface area contributed by atoms with Gasteiger partial charge in [-0.25, -0.2) is 4.79 Å². The minimum absolute atomic E-state index is 0.237. The molecule has 0 saturated carbocycles. The lowest BCUT2D eigenvalue weighted by Crippen LogP contribution is -2.46. The summed E-state index contributed by atoms with van der Waals surface area (Å²) in [4.78, 5) is 62.8. The highest BCUT2D eigenvalue weighted by Crippen LogP contribution is 2.24. The number of primary amides is 1. The van der Waals surface area contributed by atoms with Gasteiger partial charge in [0.1, 0.15) is 6.04 Å². The quantitative estimate of drug-likeness (QED) is 0.557. The third-order valence-electron chi connectivity index (χ3n) is 5.14. The molecule has 0 radical (unpaired) electrons. The first kappa shape index (κ1) is 19.5. The minimum Gasteiger partial charge on any atom is -0.454 e. The summed E-state index contributed by atoms with van der Waals surface area (Å²) in [7, 11) is 0. The molecule has 1 fully saturated rings. The van der Waals surface area contributed by atoms with Gasteiger partial charge >= 0.3 is 5.97 Å². The molecule has 1 atom stereocenters. The van der Waals surface area contributed by atoms with Crippen molar-refractivity contribution in [1.29, 1.82) is 0 Å². The first-order chi connectivity index (χ1) is 13.3. The summed E-state index contributed by atoms with van der Waals surface area (Å²) in [5.74, 6) is -3.00. The molecule has 3 rings (SSSR count). The molecule has 0 spiro atoms. The summed E-state index contributed by atoms with van der Waals surface area (Å²) in [5.41, 5.74) is 5.74. The standard InChI is InChI=1S/C19H21N3O6/c1-11(22-17(25)13-4-2-3-5-14(13)18(22)26)19(27)28-10-15(23)21-8-6-12(7-9-21)16(20)24/h2-5,11-12H,6-10H2,1H3,(H2,20,24)/t11-/m1/s1. The van der Waals surface area contributed by atoms with E-state index in [1.54, 1.807) is 12.1 Å². The fraction of sp³-hybridized carbons (Fsp3) is 0.421. The minimum atomic E-state index is -1.15. The SMILES string of the molecule is C[C@H](C(=O)OCC(=O)N1CCC(C(N)=O)CC1)N1C(=O)c2ccccc2C1=O.